The van der Waals surface area contributed by atoms with Crippen LogP contribution < -0.4 is 5.32 Å². The van der Waals surface area contributed by atoms with E-state index < -0.39 is 0 Å². The van der Waals surface area contributed by atoms with E-state index in [1.165, 1.54) is 24.0 Å². The fraction of sp³-hybridized carbons (Fsp3) is 0.100. The lowest BCUT2D eigenvalue weighted by atomic mass is 10.2. The summed E-state index contributed by atoms with van der Waals surface area (Å²) >= 11 is 14.8. The minimum atomic E-state index is -0.247. The maximum absolute atomic E-state index is 12.4. The number of rotatable bonds is 7. The zero-order chi connectivity index (χ0) is 20.9. The van der Waals surface area contributed by atoms with E-state index in [2.05, 4.69) is 20.5 Å². The first kappa shape index (κ1) is 20.9. The van der Waals surface area contributed by atoms with Gasteiger partial charge in [-0.25, -0.2) is 4.98 Å². The van der Waals surface area contributed by atoms with Crippen LogP contribution in [0.25, 0.3) is 10.7 Å². The standard InChI is InChI=1S/C20H15Cl2N5OS2/c21-14-9-15(22)18(23-10-14)24-17(28)12-30-20-26-25-19(16-7-4-8-29-16)27(20)11-13-5-2-1-3-6-13/h1-10H,11-12H2,(H,23,24,28). The number of benzene rings is 1. The molecule has 3 heterocycles. The average Bonchev–Trinajstić information content (AvgIpc) is 3.39. The molecule has 10 heteroatoms. The van der Waals surface area contributed by atoms with Crippen molar-refractivity contribution in [3.63, 3.8) is 0 Å². The molecule has 0 bridgehead atoms. The average molecular weight is 476 g/mol. The molecule has 4 rings (SSSR count). The molecule has 0 saturated heterocycles. The Morgan fingerprint density at radius 2 is 1.97 bits per heavy atom. The van der Waals surface area contributed by atoms with E-state index in [9.17, 15) is 4.79 Å². The molecule has 0 aliphatic carbocycles. The number of thioether (sulfide) groups is 1. The molecule has 0 unspecified atom stereocenters. The third-order valence-electron chi connectivity index (χ3n) is 4.04. The lowest BCUT2D eigenvalue weighted by Gasteiger charge is -2.10. The van der Waals surface area contributed by atoms with Gasteiger partial charge >= 0.3 is 0 Å². The zero-order valence-electron chi connectivity index (χ0n) is 15.5. The van der Waals surface area contributed by atoms with Gasteiger partial charge in [-0.3, -0.25) is 9.36 Å². The number of thiophene rings is 1. The summed E-state index contributed by atoms with van der Waals surface area (Å²) in [7, 11) is 0. The van der Waals surface area contributed by atoms with E-state index in [0.29, 0.717) is 16.7 Å². The van der Waals surface area contributed by atoms with Gasteiger partial charge in [0, 0.05) is 6.20 Å². The monoisotopic (exact) mass is 475 g/mol. The maximum Gasteiger partial charge on any atom is 0.236 e. The van der Waals surface area contributed by atoms with Crippen molar-refractivity contribution in [3.05, 3.63) is 75.7 Å². The molecular weight excluding hydrogens is 461 g/mol. The van der Waals surface area contributed by atoms with Crippen LogP contribution in [0.2, 0.25) is 10.0 Å². The van der Waals surface area contributed by atoms with E-state index in [1.807, 2.05) is 52.4 Å². The molecule has 6 nitrogen and oxygen atoms in total. The van der Waals surface area contributed by atoms with Crippen LogP contribution in [0.1, 0.15) is 5.56 Å². The van der Waals surface area contributed by atoms with Crippen LogP contribution in [0.3, 0.4) is 0 Å². The van der Waals surface area contributed by atoms with Crippen molar-refractivity contribution < 1.29 is 4.79 Å². The van der Waals surface area contributed by atoms with E-state index in [-0.39, 0.29) is 22.5 Å². The highest BCUT2D eigenvalue weighted by atomic mass is 35.5. The van der Waals surface area contributed by atoms with Gasteiger partial charge in [-0.1, -0.05) is 71.4 Å². The first-order valence-electron chi connectivity index (χ1n) is 8.85. The molecule has 0 saturated carbocycles. The Hall–Kier alpha value is -2.39. The molecule has 0 spiro atoms. The van der Waals surface area contributed by atoms with Crippen LogP contribution in [0.15, 0.2) is 65.3 Å². The summed E-state index contributed by atoms with van der Waals surface area (Å²) in [5.74, 6) is 0.942. The number of hydrogen-bond acceptors (Lipinski definition) is 6. The molecule has 0 atom stereocenters. The largest absolute Gasteiger partial charge is 0.309 e. The normalized spacial score (nSPS) is 10.9. The summed E-state index contributed by atoms with van der Waals surface area (Å²) in [6.07, 6.45) is 1.43. The molecule has 4 aromatic rings. The summed E-state index contributed by atoms with van der Waals surface area (Å²) in [5, 5.41) is 14.7. The molecule has 0 aliphatic heterocycles. The zero-order valence-corrected chi connectivity index (χ0v) is 18.6. The minimum absolute atomic E-state index is 0.137. The van der Waals surface area contributed by atoms with Gasteiger partial charge in [0.1, 0.15) is 0 Å². The van der Waals surface area contributed by atoms with Crippen LogP contribution in [-0.4, -0.2) is 31.4 Å². The number of aromatic nitrogens is 4. The van der Waals surface area contributed by atoms with Gasteiger partial charge in [-0.15, -0.1) is 21.5 Å². The summed E-state index contributed by atoms with van der Waals surface area (Å²) in [4.78, 5) is 17.5. The number of carbonyl (C=O) groups excluding carboxylic acids is 1. The molecule has 3 aromatic heterocycles. The van der Waals surface area contributed by atoms with Gasteiger partial charge in [0.05, 0.1) is 27.2 Å². The number of nitrogens with zero attached hydrogens (tertiary/aromatic N) is 4. The number of halogens is 2. The van der Waals surface area contributed by atoms with Crippen LogP contribution in [0, 0.1) is 0 Å². The summed E-state index contributed by atoms with van der Waals surface area (Å²) < 4.78 is 2.02. The van der Waals surface area contributed by atoms with Crippen molar-refractivity contribution in [2.24, 2.45) is 0 Å². The van der Waals surface area contributed by atoms with Gasteiger partial charge in [0.2, 0.25) is 5.91 Å². The Morgan fingerprint density at radius 1 is 1.13 bits per heavy atom. The summed E-state index contributed by atoms with van der Waals surface area (Å²) in [5.41, 5.74) is 1.12. The third-order valence-corrected chi connectivity index (χ3v) is 6.37. The molecule has 152 valence electrons. The molecule has 0 radical (unpaired) electrons. The lowest BCUT2D eigenvalue weighted by Crippen LogP contribution is -2.16. The van der Waals surface area contributed by atoms with E-state index in [1.54, 1.807) is 11.3 Å². The number of carbonyl (C=O) groups is 1. The van der Waals surface area contributed by atoms with Crippen molar-refractivity contribution in [1.82, 2.24) is 19.7 Å². The second kappa shape index (κ2) is 9.61. The summed E-state index contributed by atoms with van der Waals surface area (Å²) in [6, 6.07) is 15.6. The minimum Gasteiger partial charge on any atom is -0.309 e. The van der Waals surface area contributed by atoms with Gasteiger partial charge in [-0.2, -0.15) is 0 Å². The van der Waals surface area contributed by atoms with Crippen molar-refractivity contribution in [2.75, 3.05) is 11.1 Å². The quantitative estimate of drug-likeness (QED) is 0.357. The van der Waals surface area contributed by atoms with E-state index in [0.717, 1.165) is 16.3 Å². The number of pyridine rings is 1. The lowest BCUT2D eigenvalue weighted by molar-refractivity contribution is -0.113. The fourth-order valence-electron chi connectivity index (χ4n) is 2.70. The maximum atomic E-state index is 12.4. The predicted molar refractivity (Wildman–Crippen MR) is 122 cm³/mol. The molecule has 0 fully saturated rings. The Kier molecular flexibility index (Phi) is 6.69. The van der Waals surface area contributed by atoms with Crippen LogP contribution >= 0.6 is 46.3 Å². The van der Waals surface area contributed by atoms with Crippen molar-refractivity contribution in [1.29, 1.82) is 0 Å². The molecule has 1 N–H and O–H groups in total. The second-order valence-corrected chi connectivity index (χ2v) is 8.91. The number of amides is 1. The van der Waals surface area contributed by atoms with Crippen molar-refractivity contribution in [2.45, 2.75) is 11.7 Å². The molecule has 1 aromatic carbocycles. The number of nitrogens with one attached hydrogen (secondary N) is 1. The van der Waals surface area contributed by atoms with Crippen LogP contribution in [0.4, 0.5) is 5.82 Å². The van der Waals surface area contributed by atoms with E-state index in [4.69, 9.17) is 23.2 Å². The summed E-state index contributed by atoms with van der Waals surface area (Å²) in [6.45, 7) is 0.607. The fourth-order valence-corrected chi connectivity index (χ4v) is 4.58. The Labute approximate surface area is 191 Å². The number of anilines is 1. The molecule has 30 heavy (non-hydrogen) atoms. The first-order chi connectivity index (χ1) is 14.6. The number of hydrogen-bond donors (Lipinski definition) is 1. The van der Waals surface area contributed by atoms with Crippen LogP contribution in [-0.2, 0) is 11.3 Å². The topological polar surface area (TPSA) is 72.7 Å². The highest BCUT2D eigenvalue weighted by Crippen LogP contribution is 2.28. The van der Waals surface area contributed by atoms with Gasteiger partial charge in [0.25, 0.3) is 0 Å². The Bertz CT molecular complexity index is 1150. The Morgan fingerprint density at radius 3 is 2.70 bits per heavy atom. The third kappa shape index (κ3) is 5.02. The first-order valence-corrected chi connectivity index (χ1v) is 11.5. The molecular formula is C20H15Cl2N5OS2. The predicted octanol–water partition coefficient (Wildman–Crippen LogP) is 5.49. The molecule has 1 amide bonds. The van der Waals surface area contributed by atoms with Gasteiger partial charge in [-0.05, 0) is 23.1 Å². The van der Waals surface area contributed by atoms with Gasteiger partial charge < -0.3 is 5.32 Å². The Balaban J connectivity index is 1.51. The van der Waals surface area contributed by atoms with Crippen molar-refractivity contribution >= 4 is 58.0 Å². The SMILES string of the molecule is O=C(CSc1nnc(-c2cccs2)n1Cc1ccccc1)Nc1ncc(Cl)cc1Cl. The van der Waals surface area contributed by atoms with Crippen molar-refractivity contribution in [3.8, 4) is 10.7 Å². The highest BCUT2D eigenvalue weighted by molar-refractivity contribution is 7.99. The second-order valence-electron chi connectivity index (χ2n) is 6.18. The van der Waals surface area contributed by atoms with E-state index >= 15 is 0 Å². The molecule has 0 aliphatic rings. The highest BCUT2D eigenvalue weighted by Gasteiger charge is 2.17. The van der Waals surface area contributed by atoms with Crippen LogP contribution in [0.5, 0.6) is 0 Å². The smallest absolute Gasteiger partial charge is 0.236 e. The van der Waals surface area contributed by atoms with Gasteiger partial charge in [0.15, 0.2) is 16.8 Å².